The van der Waals surface area contributed by atoms with E-state index in [2.05, 4.69) is 5.32 Å². The molecule has 1 unspecified atom stereocenters. The molecule has 1 aliphatic rings. The van der Waals surface area contributed by atoms with Crippen LogP contribution in [-0.4, -0.2) is 31.9 Å². The van der Waals surface area contributed by atoms with Gasteiger partial charge in [-0.1, -0.05) is 0 Å². The van der Waals surface area contributed by atoms with Crippen LogP contribution in [0.5, 0.6) is 11.5 Å². The van der Waals surface area contributed by atoms with Crippen molar-refractivity contribution in [2.45, 2.75) is 20.1 Å². The standard InChI is InChI=1S/C18H18N2O6S/c1-7-11(15(19)22)17(27-14(7)8(2)21)20-16-9-5-6-10(24-3)13(25-4)12(9)18(23)26-16/h5-6,16,20H,1-4H3,(H2,19,22). The largest absolute Gasteiger partial charge is 0.493 e. The van der Waals surface area contributed by atoms with Crippen molar-refractivity contribution in [2.24, 2.45) is 5.73 Å². The molecular formula is C18H18N2O6S. The summed E-state index contributed by atoms with van der Waals surface area (Å²) in [6.07, 6.45) is -0.858. The Kier molecular flexibility index (Phi) is 4.79. The van der Waals surface area contributed by atoms with Gasteiger partial charge in [-0.2, -0.15) is 0 Å². The fraction of sp³-hybridized carbons (Fsp3) is 0.278. The molecule has 3 rings (SSSR count). The number of esters is 1. The van der Waals surface area contributed by atoms with E-state index in [1.807, 2.05) is 0 Å². The van der Waals surface area contributed by atoms with Crippen LogP contribution in [0.1, 0.15) is 54.7 Å². The lowest BCUT2D eigenvalue weighted by Gasteiger charge is -2.14. The molecule has 1 atom stereocenters. The predicted molar refractivity (Wildman–Crippen MR) is 98.9 cm³/mol. The van der Waals surface area contributed by atoms with E-state index in [1.165, 1.54) is 21.1 Å². The summed E-state index contributed by atoms with van der Waals surface area (Å²) in [5.41, 5.74) is 6.96. The smallest absolute Gasteiger partial charge is 0.344 e. The van der Waals surface area contributed by atoms with Gasteiger partial charge in [0.1, 0.15) is 10.6 Å². The van der Waals surface area contributed by atoms with Gasteiger partial charge in [-0.05, 0) is 31.5 Å². The van der Waals surface area contributed by atoms with Gasteiger partial charge in [0.05, 0.1) is 24.7 Å². The van der Waals surface area contributed by atoms with Gasteiger partial charge in [0.2, 0.25) is 6.23 Å². The third-order valence-electron chi connectivity index (χ3n) is 4.26. The van der Waals surface area contributed by atoms with E-state index in [-0.39, 0.29) is 22.7 Å². The topological polar surface area (TPSA) is 117 Å². The van der Waals surface area contributed by atoms with Crippen LogP contribution in [0.25, 0.3) is 0 Å². The number of benzene rings is 1. The minimum Gasteiger partial charge on any atom is -0.493 e. The highest BCUT2D eigenvalue weighted by molar-refractivity contribution is 7.18. The third kappa shape index (κ3) is 2.99. The van der Waals surface area contributed by atoms with E-state index >= 15 is 0 Å². The zero-order valence-electron chi connectivity index (χ0n) is 15.2. The molecule has 0 spiro atoms. The predicted octanol–water partition coefficient (Wildman–Crippen LogP) is 2.66. The van der Waals surface area contributed by atoms with E-state index in [0.717, 1.165) is 11.3 Å². The summed E-state index contributed by atoms with van der Waals surface area (Å²) in [7, 11) is 2.90. The summed E-state index contributed by atoms with van der Waals surface area (Å²) in [4.78, 5) is 36.5. The van der Waals surface area contributed by atoms with Crippen molar-refractivity contribution in [3.05, 3.63) is 39.3 Å². The molecular weight excluding hydrogens is 372 g/mol. The number of primary amides is 1. The lowest BCUT2D eigenvalue weighted by atomic mass is 10.1. The number of ketones is 1. The number of methoxy groups -OCH3 is 2. The Morgan fingerprint density at radius 3 is 2.52 bits per heavy atom. The number of nitrogens with one attached hydrogen (secondary N) is 1. The molecule has 0 saturated heterocycles. The number of hydrogen-bond donors (Lipinski definition) is 2. The lowest BCUT2D eigenvalue weighted by Crippen LogP contribution is -2.16. The number of ether oxygens (including phenoxy) is 3. The number of carbonyl (C=O) groups excluding carboxylic acids is 3. The first-order chi connectivity index (χ1) is 12.8. The molecule has 1 aromatic heterocycles. The quantitative estimate of drug-likeness (QED) is 0.575. The molecule has 3 N–H and O–H groups in total. The number of carbonyl (C=O) groups is 3. The average molecular weight is 390 g/mol. The zero-order valence-corrected chi connectivity index (χ0v) is 16.0. The lowest BCUT2D eigenvalue weighted by molar-refractivity contribution is 0.0435. The van der Waals surface area contributed by atoms with Crippen molar-refractivity contribution in [3.63, 3.8) is 0 Å². The Morgan fingerprint density at radius 1 is 1.26 bits per heavy atom. The molecule has 2 heterocycles. The average Bonchev–Trinajstić information content (AvgIpc) is 3.11. The maximum atomic E-state index is 12.4. The number of fused-ring (bicyclic) bond motifs is 1. The second-order valence-corrected chi connectivity index (χ2v) is 6.90. The van der Waals surface area contributed by atoms with E-state index in [4.69, 9.17) is 19.9 Å². The van der Waals surface area contributed by atoms with Crippen molar-refractivity contribution in [1.82, 2.24) is 0 Å². The van der Waals surface area contributed by atoms with E-state index in [1.54, 1.807) is 19.1 Å². The molecule has 2 aromatic rings. The highest BCUT2D eigenvalue weighted by Crippen LogP contribution is 2.43. The molecule has 0 aliphatic carbocycles. The number of cyclic esters (lactones) is 1. The Bertz CT molecular complexity index is 965. The maximum absolute atomic E-state index is 12.4. The van der Waals surface area contributed by atoms with Gasteiger partial charge in [0.15, 0.2) is 17.3 Å². The van der Waals surface area contributed by atoms with Crippen LogP contribution in [0.15, 0.2) is 12.1 Å². The zero-order chi connectivity index (χ0) is 19.9. The molecule has 142 valence electrons. The Morgan fingerprint density at radius 2 is 1.96 bits per heavy atom. The van der Waals surface area contributed by atoms with Gasteiger partial charge in [0, 0.05) is 5.56 Å². The second kappa shape index (κ2) is 6.92. The fourth-order valence-corrected chi connectivity index (χ4v) is 4.20. The highest BCUT2D eigenvalue weighted by atomic mass is 32.1. The minimum absolute atomic E-state index is 0.178. The molecule has 0 bridgehead atoms. The molecule has 1 aromatic carbocycles. The number of nitrogens with two attached hydrogens (primary N) is 1. The van der Waals surface area contributed by atoms with Crippen LogP contribution in [0, 0.1) is 6.92 Å². The van der Waals surface area contributed by atoms with Gasteiger partial charge in [-0.15, -0.1) is 11.3 Å². The molecule has 0 radical (unpaired) electrons. The Balaban J connectivity index is 2.06. The van der Waals surface area contributed by atoms with Crippen LogP contribution < -0.4 is 20.5 Å². The highest BCUT2D eigenvalue weighted by Gasteiger charge is 2.37. The van der Waals surface area contributed by atoms with Crippen molar-refractivity contribution in [2.75, 3.05) is 19.5 Å². The summed E-state index contributed by atoms with van der Waals surface area (Å²) in [5, 5.41) is 3.37. The summed E-state index contributed by atoms with van der Waals surface area (Å²) in [5.74, 6) is -0.762. The third-order valence-corrected chi connectivity index (χ3v) is 5.59. The monoisotopic (exact) mass is 390 g/mol. The first kappa shape index (κ1) is 18.7. The number of Topliss-reactive ketones (excluding diaryl/α,β-unsaturated/α-hetero) is 1. The van der Waals surface area contributed by atoms with Crippen LogP contribution in [0.4, 0.5) is 5.00 Å². The Labute approximate surface area is 159 Å². The van der Waals surface area contributed by atoms with E-state index in [0.29, 0.717) is 26.8 Å². The summed E-state index contributed by atoms with van der Waals surface area (Å²) in [6.45, 7) is 3.07. The van der Waals surface area contributed by atoms with Gasteiger partial charge in [-0.25, -0.2) is 4.79 Å². The van der Waals surface area contributed by atoms with Gasteiger partial charge in [-0.3, -0.25) is 9.59 Å². The van der Waals surface area contributed by atoms with E-state index < -0.39 is 18.1 Å². The van der Waals surface area contributed by atoms with Crippen LogP contribution in [0.2, 0.25) is 0 Å². The molecule has 1 aliphatic heterocycles. The first-order valence-electron chi connectivity index (χ1n) is 7.96. The molecule has 0 fully saturated rings. The maximum Gasteiger partial charge on any atom is 0.344 e. The van der Waals surface area contributed by atoms with Crippen LogP contribution in [0.3, 0.4) is 0 Å². The number of thiophene rings is 1. The van der Waals surface area contributed by atoms with Gasteiger partial charge in [0.25, 0.3) is 5.91 Å². The summed E-state index contributed by atoms with van der Waals surface area (Å²) in [6, 6.07) is 3.33. The number of hydrogen-bond acceptors (Lipinski definition) is 8. The first-order valence-corrected chi connectivity index (χ1v) is 8.78. The second-order valence-electron chi connectivity index (χ2n) is 5.88. The number of rotatable bonds is 6. The van der Waals surface area contributed by atoms with Crippen molar-refractivity contribution in [1.29, 1.82) is 0 Å². The summed E-state index contributed by atoms with van der Waals surface area (Å²) < 4.78 is 15.9. The van der Waals surface area contributed by atoms with Crippen LogP contribution in [-0.2, 0) is 4.74 Å². The minimum atomic E-state index is -0.858. The molecule has 27 heavy (non-hydrogen) atoms. The molecule has 9 heteroatoms. The summed E-state index contributed by atoms with van der Waals surface area (Å²) >= 11 is 1.09. The Hall–Kier alpha value is -3.07. The van der Waals surface area contributed by atoms with Gasteiger partial charge >= 0.3 is 5.97 Å². The molecule has 0 saturated carbocycles. The van der Waals surface area contributed by atoms with Crippen molar-refractivity contribution < 1.29 is 28.6 Å². The SMILES string of the molecule is COc1ccc2c(c1OC)C(=O)OC2Nc1sc(C(C)=O)c(C)c1C(N)=O. The fourth-order valence-electron chi connectivity index (χ4n) is 3.07. The molecule has 1 amide bonds. The van der Waals surface area contributed by atoms with Crippen molar-refractivity contribution in [3.8, 4) is 11.5 Å². The molecule has 8 nitrogen and oxygen atoms in total. The number of anilines is 1. The van der Waals surface area contributed by atoms with Crippen molar-refractivity contribution >= 4 is 34.0 Å². The van der Waals surface area contributed by atoms with Crippen LogP contribution >= 0.6 is 11.3 Å². The van der Waals surface area contributed by atoms with E-state index in [9.17, 15) is 14.4 Å². The van der Waals surface area contributed by atoms with Gasteiger partial charge < -0.3 is 25.3 Å². The number of amides is 1. The normalized spacial score (nSPS) is 15.1.